The van der Waals surface area contributed by atoms with Gasteiger partial charge < -0.3 is 4.90 Å². The SMILES string of the molecule is CCS(=O)(=O)N(C)C1CCN(c2nnc(-c3ccccn3)s2)CC1. The van der Waals surface area contributed by atoms with Crippen molar-refractivity contribution in [2.24, 2.45) is 0 Å². The molecule has 0 aliphatic carbocycles. The van der Waals surface area contributed by atoms with E-state index in [9.17, 15) is 8.42 Å². The zero-order valence-corrected chi connectivity index (χ0v) is 15.4. The highest BCUT2D eigenvalue weighted by Crippen LogP contribution is 2.30. The summed E-state index contributed by atoms with van der Waals surface area (Å²) in [5, 5.41) is 10.2. The summed E-state index contributed by atoms with van der Waals surface area (Å²) in [7, 11) is -1.45. The second-order valence-electron chi connectivity index (χ2n) is 5.74. The number of hydrogen-bond donors (Lipinski definition) is 0. The van der Waals surface area contributed by atoms with E-state index >= 15 is 0 Å². The maximum atomic E-state index is 12.0. The van der Waals surface area contributed by atoms with Gasteiger partial charge in [-0.2, -0.15) is 0 Å². The summed E-state index contributed by atoms with van der Waals surface area (Å²) < 4.78 is 25.5. The van der Waals surface area contributed by atoms with E-state index in [1.165, 1.54) is 15.6 Å². The molecule has 9 heteroatoms. The van der Waals surface area contributed by atoms with Crippen LogP contribution in [-0.2, 0) is 10.0 Å². The topological polar surface area (TPSA) is 79.3 Å². The van der Waals surface area contributed by atoms with Gasteiger partial charge in [0.1, 0.15) is 5.69 Å². The minimum atomic E-state index is -3.13. The molecule has 1 aliphatic rings. The number of piperidine rings is 1. The summed E-state index contributed by atoms with van der Waals surface area (Å²) in [6, 6.07) is 5.78. The summed E-state index contributed by atoms with van der Waals surface area (Å²) in [5.41, 5.74) is 0.824. The Morgan fingerprint density at radius 3 is 2.67 bits per heavy atom. The van der Waals surface area contributed by atoms with Gasteiger partial charge in [0, 0.05) is 32.4 Å². The molecule has 1 aliphatic heterocycles. The van der Waals surface area contributed by atoms with Gasteiger partial charge in [0.25, 0.3) is 0 Å². The van der Waals surface area contributed by atoms with E-state index in [2.05, 4.69) is 20.1 Å². The van der Waals surface area contributed by atoms with Crippen LogP contribution in [0, 0.1) is 0 Å². The summed E-state index contributed by atoms with van der Waals surface area (Å²) in [6.45, 7) is 3.25. The second kappa shape index (κ2) is 7.12. The molecule has 2 aromatic heterocycles. The molecule has 0 amide bonds. The molecule has 0 radical (unpaired) electrons. The molecule has 0 aromatic carbocycles. The summed E-state index contributed by atoms with van der Waals surface area (Å²) >= 11 is 1.52. The number of pyridine rings is 1. The maximum Gasteiger partial charge on any atom is 0.213 e. The van der Waals surface area contributed by atoms with Crippen molar-refractivity contribution >= 4 is 26.5 Å². The molecule has 3 rings (SSSR count). The van der Waals surface area contributed by atoms with E-state index in [0.717, 1.165) is 41.8 Å². The van der Waals surface area contributed by atoms with Crippen molar-refractivity contribution in [3.8, 4) is 10.7 Å². The van der Waals surface area contributed by atoms with Crippen molar-refractivity contribution in [1.82, 2.24) is 19.5 Å². The first-order valence-corrected chi connectivity index (χ1v) is 10.4. The highest BCUT2D eigenvalue weighted by molar-refractivity contribution is 7.89. The van der Waals surface area contributed by atoms with Gasteiger partial charge in [-0.05, 0) is 31.9 Å². The van der Waals surface area contributed by atoms with Crippen LogP contribution in [-0.4, -0.2) is 59.8 Å². The Morgan fingerprint density at radius 1 is 1.29 bits per heavy atom. The molecule has 0 saturated carbocycles. The number of sulfonamides is 1. The molecule has 0 unspecified atom stereocenters. The van der Waals surface area contributed by atoms with Crippen LogP contribution in [0.15, 0.2) is 24.4 Å². The normalized spacial score (nSPS) is 16.7. The Bertz CT molecular complexity index is 770. The van der Waals surface area contributed by atoms with E-state index in [1.54, 1.807) is 20.2 Å². The lowest BCUT2D eigenvalue weighted by Crippen LogP contribution is -2.46. The summed E-state index contributed by atoms with van der Waals surface area (Å²) in [5.74, 6) is 0.146. The fourth-order valence-corrected chi connectivity index (χ4v) is 4.73. The summed E-state index contributed by atoms with van der Waals surface area (Å²) in [6.07, 6.45) is 3.34. The third-order valence-electron chi connectivity index (χ3n) is 4.35. The van der Waals surface area contributed by atoms with Crippen molar-refractivity contribution in [2.45, 2.75) is 25.8 Å². The lowest BCUT2D eigenvalue weighted by Gasteiger charge is -2.35. The van der Waals surface area contributed by atoms with Crippen LogP contribution in [0.4, 0.5) is 5.13 Å². The van der Waals surface area contributed by atoms with E-state index < -0.39 is 10.0 Å². The highest BCUT2D eigenvalue weighted by Gasteiger charge is 2.29. The molecular formula is C15H21N5O2S2. The molecule has 0 atom stereocenters. The quantitative estimate of drug-likeness (QED) is 0.802. The molecule has 1 fully saturated rings. The highest BCUT2D eigenvalue weighted by atomic mass is 32.2. The summed E-state index contributed by atoms with van der Waals surface area (Å²) in [4.78, 5) is 6.47. The number of nitrogens with zero attached hydrogens (tertiary/aromatic N) is 5. The molecule has 2 aromatic rings. The predicted octanol–water partition coefficient (Wildman–Crippen LogP) is 1.85. The maximum absolute atomic E-state index is 12.0. The van der Waals surface area contributed by atoms with Crippen LogP contribution < -0.4 is 4.90 Å². The Morgan fingerprint density at radius 2 is 2.04 bits per heavy atom. The largest absolute Gasteiger partial charge is 0.347 e. The molecule has 130 valence electrons. The Hall–Kier alpha value is -1.58. The molecule has 0 bridgehead atoms. The van der Waals surface area contributed by atoms with Gasteiger partial charge in [0.05, 0.1) is 5.75 Å². The standard InChI is InChI=1S/C15H21N5O2S2/c1-3-24(21,22)19(2)12-7-10-20(11-8-12)15-18-17-14(23-15)13-6-4-5-9-16-13/h4-6,9,12H,3,7-8,10-11H2,1-2H3. The van der Waals surface area contributed by atoms with Crippen LogP contribution in [0.5, 0.6) is 0 Å². The van der Waals surface area contributed by atoms with Crippen LogP contribution >= 0.6 is 11.3 Å². The minimum Gasteiger partial charge on any atom is -0.347 e. The fourth-order valence-electron chi connectivity index (χ4n) is 2.79. The fraction of sp³-hybridized carbons (Fsp3) is 0.533. The van der Waals surface area contributed by atoms with E-state index in [1.807, 2.05) is 18.2 Å². The van der Waals surface area contributed by atoms with Crippen LogP contribution in [0.3, 0.4) is 0 Å². The van der Waals surface area contributed by atoms with Gasteiger partial charge >= 0.3 is 0 Å². The average molecular weight is 368 g/mol. The van der Waals surface area contributed by atoms with Gasteiger partial charge in [0.2, 0.25) is 15.2 Å². The molecule has 1 saturated heterocycles. The molecule has 3 heterocycles. The van der Waals surface area contributed by atoms with Gasteiger partial charge in [-0.25, -0.2) is 12.7 Å². The predicted molar refractivity (Wildman–Crippen MR) is 95.6 cm³/mol. The Balaban J connectivity index is 1.64. The first kappa shape index (κ1) is 17.2. The molecule has 0 N–H and O–H groups in total. The minimum absolute atomic E-state index is 0.0642. The van der Waals surface area contributed by atoms with Crippen molar-refractivity contribution in [3.05, 3.63) is 24.4 Å². The van der Waals surface area contributed by atoms with Gasteiger partial charge in [-0.1, -0.05) is 17.4 Å². The smallest absolute Gasteiger partial charge is 0.213 e. The number of rotatable bonds is 5. The monoisotopic (exact) mass is 367 g/mol. The van der Waals surface area contributed by atoms with Crippen LogP contribution in [0.2, 0.25) is 0 Å². The third-order valence-corrected chi connectivity index (χ3v) is 7.26. The van der Waals surface area contributed by atoms with E-state index in [-0.39, 0.29) is 11.8 Å². The van der Waals surface area contributed by atoms with Crippen molar-refractivity contribution in [2.75, 3.05) is 30.8 Å². The van der Waals surface area contributed by atoms with Crippen LogP contribution in [0.1, 0.15) is 19.8 Å². The zero-order valence-electron chi connectivity index (χ0n) is 13.8. The lowest BCUT2D eigenvalue weighted by molar-refractivity contribution is 0.312. The van der Waals surface area contributed by atoms with Crippen molar-refractivity contribution < 1.29 is 8.42 Å². The lowest BCUT2D eigenvalue weighted by atomic mass is 10.1. The molecular weight excluding hydrogens is 346 g/mol. The van der Waals surface area contributed by atoms with Crippen molar-refractivity contribution in [3.63, 3.8) is 0 Å². The van der Waals surface area contributed by atoms with E-state index in [0.29, 0.717) is 0 Å². The zero-order chi connectivity index (χ0) is 17.2. The first-order valence-electron chi connectivity index (χ1n) is 7.97. The molecule has 24 heavy (non-hydrogen) atoms. The van der Waals surface area contributed by atoms with Gasteiger partial charge in [0.15, 0.2) is 5.01 Å². The van der Waals surface area contributed by atoms with Gasteiger partial charge in [-0.3, -0.25) is 4.98 Å². The van der Waals surface area contributed by atoms with Crippen molar-refractivity contribution in [1.29, 1.82) is 0 Å². The second-order valence-corrected chi connectivity index (χ2v) is 9.01. The average Bonchev–Trinajstić information content (AvgIpc) is 3.12. The van der Waals surface area contributed by atoms with Gasteiger partial charge in [-0.15, -0.1) is 10.2 Å². The Kier molecular flexibility index (Phi) is 5.12. The Labute approximate surface area is 146 Å². The number of anilines is 1. The number of aromatic nitrogens is 3. The van der Waals surface area contributed by atoms with E-state index in [4.69, 9.17) is 0 Å². The third kappa shape index (κ3) is 3.57. The number of hydrogen-bond acceptors (Lipinski definition) is 7. The molecule has 7 nitrogen and oxygen atoms in total. The van der Waals surface area contributed by atoms with Crippen LogP contribution in [0.25, 0.3) is 10.7 Å². The first-order chi connectivity index (χ1) is 11.5. The molecule has 0 spiro atoms.